The Morgan fingerprint density at radius 1 is 1.20 bits per heavy atom. The summed E-state index contributed by atoms with van der Waals surface area (Å²) in [5.74, 6) is 0.0156. The molecule has 2 aromatic carbocycles. The first-order valence-electron chi connectivity index (χ1n) is 6.44. The molecule has 2 aromatic rings. The van der Waals surface area contributed by atoms with Gasteiger partial charge in [-0.05, 0) is 35.7 Å². The van der Waals surface area contributed by atoms with Crippen LogP contribution in [0.2, 0.25) is 0 Å². The summed E-state index contributed by atoms with van der Waals surface area (Å²) in [6.07, 6.45) is 0. The van der Waals surface area contributed by atoms with E-state index in [-0.39, 0.29) is 10.6 Å². The maximum Gasteiger partial charge on any atom is 0.135 e. The molecule has 0 bridgehead atoms. The summed E-state index contributed by atoms with van der Waals surface area (Å²) in [5.41, 5.74) is 8.53. The first kappa shape index (κ1) is 14.5. The maximum absolute atomic E-state index is 13.8. The zero-order chi connectivity index (χ0) is 14.7. The van der Waals surface area contributed by atoms with Crippen molar-refractivity contribution < 1.29 is 4.39 Å². The summed E-state index contributed by atoms with van der Waals surface area (Å²) in [6.45, 7) is 4.25. The highest BCUT2D eigenvalue weighted by Crippen LogP contribution is 2.25. The number of rotatable bonds is 4. The molecule has 0 aliphatic heterocycles. The zero-order valence-corrected chi connectivity index (χ0v) is 12.3. The van der Waals surface area contributed by atoms with Crippen molar-refractivity contribution in [3.63, 3.8) is 0 Å². The van der Waals surface area contributed by atoms with Crippen LogP contribution in [0.4, 0.5) is 15.8 Å². The summed E-state index contributed by atoms with van der Waals surface area (Å²) in [7, 11) is 0. The van der Waals surface area contributed by atoms with E-state index in [0.717, 1.165) is 5.69 Å². The molecule has 0 saturated carbocycles. The number of hydrogen-bond acceptors (Lipinski definition) is 2. The standard InChI is InChI=1S/C16H17FN2S/c1-10(2)11-5-3-6-12(9-11)19-14-8-4-7-13(17)15(14)16(18)20/h3-10,19H,1-2H3,(H2,18,20). The Morgan fingerprint density at radius 2 is 1.90 bits per heavy atom. The topological polar surface area (TPSA) is 38.0 Å². The van der Waals surface area contributed by atoms with Crippen molar-refractivity contribution in [2.45, 2.75) is 19.8 Å². The highest BCUT2D eigenvalue weighted by Gasteiger charge is 2.11. The van der Waals surface area contributed by atoms with Gasteiger partial charge in [-0.1, -0.05) is 44.3 Å². The van der Waals surface area contributed by atoms with Crippen molar-refractivity contribution in [3.05, 3.63) is 59.4 Å². The molecule has 0 aliphatic rings. The molecule has 0 spiro atoms. The van der Waals surface area contributed by atoms with E-state index >= 15 is 0 Å². The SMILES string of the molecule is CC(C)c1cccc(Nc2cccc(F)c2C(N)=S)c1. The van der Waals surface area contributed by atoms with E-state index in [9.17, 15) is 4.39 Å². The van der Waals surface area contributed by atoms with Crippen LogP contribution in [-0.4, -0.2) is 4.99 Å². The van der Waals surface area contributed by atoms with E-state index in [0.29, 0.717) is 11.6 Å². The van der Waals surface area contributed by atoms with E-state index < -0.39 is 5.82 Å². The third-order valence-electron chi connectivity index (χ3n) is 3.09. The molecule has 0 heterocycles. The van der Waals surface area contributed by atoms with Gasteiger partial charge >= 0.3 is 0 Å². The van der Waals surface area contributed by atoms with Crippen LogP contribution in [0.15, 0.2) is 42.5 Å². The maximum atomic E-state index is 13.8. The second-order valence-corrected chi connectivity index (χ2v) is 5.37. The van der Waals surface area contributed by atoms with Crippen LogP contribution in [-0.2, 0) is 0 Å². The Balaban J connectivity index is 2.38. The molecule has 0 aliphatic carbocycles. The molecule has 0 atom stereocenters. The lowest BCUT2D eigenvalue weighted by Gasteiger charge is -2.13. The number of anilines is 2. The van der Waals surface area contributed by atoms with Crippen LogP contribution >= 0.6 is 12.2 Å². The Hall–Kier alpha value is -1.94. The van der Waals surface area contributed by atoms with Gasteiger partial charge < -0.3 is 11.1 Å². The van der Waals surface area contributed by atoms with Gasteiger partial charge in [-0.25, -0.2) is 4.39 Å². The minimum Gasteiger partial charge on any atom is -0.389 e. The third-order valence-corrected chi connectivity index (χ3v) is 3.30. The van der Waals surface area contributed by atoms with Crippen molar-refractivity contribution in [3.8, 4) is 0 Å². The summed E-state index contributed by atoms with van der Waals surface area (Å²) in [4.78, 5) is 0.0469. The average Bonchev–Trinajstić information content (AvgIpc) is 2.38. The number of nitrogens with one attached hydrogen (secondary N) is 1. The second-order valence-electron chi connectivity index (χ2n) is 4.93. The zero-order valence-electron chi connectivity index (χ0n) is 11.5. The minimum absolute atomic E-state index is 0.0469. The molecule has 104 valence electrons. The van der Waals surface area contributed by atoms with Gasteiger partial charge in [-0.15, -0.1) is 0 Å². The molecule has 3 N–H and O–H groups in total. The Bertz CT molecular complexity index is 638. The smallest absolute Gasteiger partial charge is 0.135 e. The molecule has 20 heavy (non-hydrogen) atoms. The second kappa shape index (κ2) is 6.01. The molecule has 0 unspecified atom stereocenters. The molecular weight excluding hydrogens is 271 g/mol. The van der Waals surface area contributed by atoms with Gasteiger partial charge in [0.2, 0.25) is 0 Å². The fourth-order valence-corrected chi connectivity index (χ4v) is 2.22. The fourth-order valence-electron chi connectivity index (χ4n) is 2.01. The predicted molar refractivity (Wildman–Crippen MR) is 86.1 cm³/mol. The molecule has 0 aromatic heterocycles. The van der Waals surface area contributed by atoms with Crippen LogP contribution in [0.1, 0.15) is 30.9 Å². The van der Waals surface area contributed by atoms with Crippen molar-refractivity contribution >= 4 is 28.6 Å². The summed E-state index contributed by atoms with van der Waals surface area (Å²) >= 11 is 4.92. The molecule has 2 nitrogen and oxygen atoms in total. The van der Waals surface area contributed by atoms with Crippen LogP contribution < -0.4 is 11.1 Å². The quantitative estimate of drug-likeness (QED) is 0.823. The summed E-state index contributed by atoms with van der Waals surface area (Å²) < 4.78 is 13.8. The highest BCUT2D eigenvalue weighted by atomic mass is 32.1. The fraction of sp³-hybridized carbons (Fsp3) is 0.188. The normalized spacial score (nSPS) is 10.6. The lowest BCUT2D eigenvalue weighted by atomic mass is 10.0. The molecule has 0 fully saturated rings. The van der Waals surface area contributed by atoms with E-state index in [4.69, 9.17) is 18.0 Å². The van der Waals surface area contributed by atoms with Crippen molar-refractivity contribution in [2.75, 3.05) is 5.32 Å². The van der Waals surface area contributed by atoms with Crippen LogP contribution in [0.5, 0.6) is 0 Å². The van der Waals surface area contributed by atoms with E-state index in [1.54, 1.807) is 12.1 Å². The van der Waals surface area contributed by atoms with Crippen LogP contribution in [0.25, 0.3) is 0 Å². The third kappa shape index (κ3) is 3.14. The van der Waals surface area contributed by atoms with Gasteiger partial charge in [0.05, 0.1) is 11.3 Å². The number of halogens is 1. The first-order chi connectivity index (χ1) is 9.49. The minimum atomic E-state index is -0.414. The molecule has 0 amide bonds. The van der Waals surface area contributed by atoms with Crippen LogP contribution in [0.3, 0.4) is 0 Å². The molecule has 2 rings (SSSR count). The van der Waals surface area contributed by atoms with Gasteiger partial charge in [0.25, 0.3) is 0 Å². The molecule has 0 saturated heterocycles. The van der Waals surface area contributed by atoms with Crippen LogP contribution in [0, 0.1) is 5.82 Å². The Morgan fingerprint density at radius 3 is 2.55 bits per heavy atom. The molecule has 0 radical (unpaired) electrons. The number of nitrogens with two attached hydrogens (primary N) is 1. The van der Waals surface area contributed by atoms with Gasteiger partial charge in [-0.2, -0.15) is 0 Å². The van der Waals surface area contributed by atoms with Gasteiger partial charge in [-0.3, -0.25) is 0 Å². The predicted octanol–water partition coefficient (Wildman–Crippen LogP) is 4.33. The van der Waals surface area contributed by atoms with Gasteiger partial charge in [0.1, 0.15) is 10.8 Å². The van der Waals surface area contributed by atoms with Crippen molar-refractivity contribution in [1.29, 1.82) is 0 Å². The van der Waals surface area contributed by atoms with Gasteiger partial charge in [0, 0.05) is 5.69 Å². The summed E-state index contributed by atoms with van der Waals surface area (Å²) in [6, 6.07) is 12.8. The largest absolute Gasteiger partial charge is 0.389 e. The lowest BCUT2D eigenvalue weighted by molar-refractivity contribution is 0.626. The Labute approximate surface area is 123 Å². The van der Waals surface area contributed by atoms with E-state index in [1.807, 2.05) is 18.2 Å². The van der Waals surface area contributed by atoms with Gasteiger partial charge in [0.15, 0.2) is 0 Å². The monoisotopic (exact) mass is 288 g/mol. The highest BCUT2D eigenvalue weighted by molar-refractivity contribution is 7.80. The van der Waals surface area contributed by atoms with Crippen molar-refractivity contribution in [1.82, 2.24) is 0 Å². The lowest BCUT2D eigenvalue weighted by Crippen LogP contribution is -2.14. The average molecular weight is 288 g/mol. The Kier molecular flexibility index (Phi) is 4.35. The van der Waals surface area contributed by atoms with Crippen molar-refractivity contribution in [2.24, 2.45) is 5.73 Å². The van der Waals surface area contributed by atoms with E-state index in [1.165, 1.54) is 11.6 Å². The number of hydrogen-bond donors (Lipinski definition) is 2. The summed E-state index contributed by atoms with van der Waals surface area (Å²) in [5, 5.41) is 3.18. The molecular formula is C16H17FN2S. The molecule has 4 heteroatoms. The van der Waals surface area contributed by atoms with E-state index in [2.05, 4.69) is 25.2 Å². The number of thiocarbonyl (C=S) groups is 1. The number of benzene rings is 2. The first-order valence-corrected chi connectivity index (χ1v) is 6.85.